The maximum Gasteiger partial charge on any atom is 0.458 e. The van der Waals surface area contributed by atoms with Gasteiger partial charge in [-0.05, 0) is 12.1 Å². The van der Waals surface area contributed by atoms with Crippen LogP contribution >= 0.6 is 0 Å². The summed E-state index contributed by atoms with van der Waals surface area (Å²) in [5.41, 5.74) is 4.12. The van der Waals surface area contributed by atoms with Crippen LogP contribution in [0, 0.1) is 0 Å². The summed E-state index contributed by atoms with van der Waals surface area (Å²) in [6, 6.07) is 3.73. The van der Waals surface area contributed by atoms with Gasteiger partial charge in [0.05, 0.1) is 0 Å². The number of benzene rings is 1. The summed E-state index contributed by atoms with van der Waals surface area (Å²) < 4.78 is 62.6. The van der Waals surface area contributed by atoms with E-state index in [-0.39, 0.29) is 11.6 Å². The summed E-state index contributed by atoms with van der Waals surface area (Å²) in [6.45, 7) is 0. The Balaban J connectivity index is 3.09. The lowest BCUT2D eigenvalue weighted by molar-refractivity contribution is -0.289. The Morgan fingerprint density at radius 2 is 1.83 bits per heavy atom. The number of halogens is 5. The smallest absolute Gasteiger partial charge is 0.370 e. The van der Waals surface area contributed by atoms with Crippen LogP contribution in [-0.4, -0.2) is 19.2 Å². The van der Waals surface area contributed by atoms with Crippen LogP contribution in [0.1, 0.15) is 5.56 Å². The van der Waals surface area contributed by atoms with E-state index in [4.69, 9.17) is 5.73 Å². The molecule has 0 aromatic heterocycles. The Hall–Kier alpha value is -1.86. The van der Waals surface area contributed by atoms with Gasteiger partial charge in [-0.2, -0.15) is 22.0 Å². The average molecular weight is 267 g/mol. The molecular formula is C10H10F5N3. The molecule has 3 N–H and O–H groups in total. The molecule has 0 unspecified atom stereocenters. The lowest BCUT2D eigenvalue weighted by Crippen LogP contribution is -2.33. The number of hydrogen-bond acceptors (Lipinski definition) is 1. The van der Waals surface area contributed by atoms with Crippen molar-refractivity contribution >= 4 is 11.6 Å². The molecule has 0 saturated carbocycles. The molecule has 0 saturated heterocycles. The van der Waals surface area contributed by atoms with Crippen LogP contribution in [0.15, 0.2) is 29.3 Å². The molecule has 1 aromatic rings. The summed E-state index contributed by atoms with van der Waals surface area (Å²) in [7, 11) is 1.34. The van der Waals surface area contributed by atoms with Gasteiger partial charge in [0, 0.05) is 18.3 Å². The molecule has 3 nitrogen and oxygen atoms in total. The molecule has 0 bridgehead atoms. The summed E-state index contributed by atoms with van der Waals surface area (Å²) in [5, 5.41) is 2.38. The van der Waals surface area contributed by atoms with E-state index in [0.29, 0.717) is 12.1 Å². The first-order valence-corrected chi connectivity index (χ1v) is 4.73. The third-order valence-electron chi connectivity index (χ3n) is 2.09. The van der Waals surface area contributed by atoms with E-state index in [1.165, 1.54) is 13.1 Å². The Morgan fingerprint density at radius 3 is 2.33 bits per heavy atom. The van der Waals surface area contributed by atoms with Gasteiger partial charge < -0.3 is 11.1 Å². The van der Waals surface area contributed by atoms with Gasteiger partial charge in [0.2, 0.25) is 0 Å². The minimum Gasteiger partial charge on any atom is -0.370 e. The van der Waals surface area contributed by atoms with Crippen molar-refractivity contribution in [1.29, 1.82) is 0 Å². The van der Waals surface area contributed by atoms with Crippen molar-refractivity contribution in [3.8, 4) is 0 Å². The third-order valence-corrected chi connectivity index (χ3v) is 2.09. The summed E-state index contributed by atoms with van der Waals surface area (Å²) in [5.74, 6) is -5.01. The van der Waals surface area contributed by atoms with Crippen LogP contribution in [-0.2, 0) is 5.92 Å². The highest BCUT2D eigenvalue weighted by molar-refractivity contribution is 5.92. The van der Waals surface area contributed by atoms with Gasteiger partial charge in [0.25, 0.3) is 0 Å². The van der Waals surface area contributed by atoms with Crippen LogP contribution in [0.5, 0.6) is 0 Å². The first kappa shape index (κ1) is 14.2. The number of aliphatic imine (C=N–C) groups is 1. The monoisotopic (exact) mass is 267 g/mol. The zero-order valence-electron chi connectivity index (χ0n) is 9.22. The number of alkyl halides is 5. The first-order chi connectivity index (χ1) is 8.18. The molecule has 0 atom stereocenters. The van der Waals surface area contributed by atoms with E-state index in [1.54, 1.807) is 0 Å². The molecule has 1 aromatic carbocycles. The number of nitrogens with two attached hydrogens (primary N) is 1. The summed E-state index contributed by atoms with van der Waals surface area (Å²) in [6.07, 6.45) is -5.64. The van der Waals surface area contributed by atoms with E-state index in [2.05, 4.69) is 10.3 Å². The molecule has 0 aliphatic heterocycles. The van der Waals surface area contributed by atoms with E-state index in [0.717, 1.165) is 6.07 Å². The quantitative estimate of drug-likeness (QED) is 0.491. The Bertz CT molecular complexity index is 453. The van der Waals surface area contributed by atoms with Gasteiger partial charge in [0.15, 0.2) is 5.96 Å². The third kappa shape index (κ3) is 2.88. The minimum atomic E-state index is -5.64. The molecule has 0 fully saturated rings. The van der Waals surface area contributed by atoms with Crippen molar-refractivity contribution in [2.75, 3.05) is 12.4 Å². The molecule has 0 radical (unpaired) electrons. The largest absolute Gasteiger partial charge is 0.458 e. The van der Waals surface area contributed by atoms with Gasteiger partial charge in [-0.3, -0.25) is 4.99 Å². The molecule has 0 amide bonds. The van der Waals surface area contributed by atoms with Crippen LogP contribution in [0.3, 0.4) is 0 Å². The van der Waals surface area contributed by atoms with Gasteiger partial charge >= 0.3 is 12.1 Å². The lowest BCUT2D eigenvalue weighted by atomic mass is 10.1. The fourth-order valence-electron chi connectivity index (χ4n) is 1.16. The highest BCUT2D eigenvalue weighted by Gasteiger charge is 2.58. The number of nitrogens with zero attached hydrogens (tertiary/aromatic N) is 1. The van der Waals surface area contributed by atoms with Crippen molar-refractivity contribution in [2.24, 2.45) is 10.7 Å². The molecule has 1 rings (SSSR count). The fourth-order valence-corrected chi connectivity index (χ4v) is 1.16. The Morgan fingerprint density at radius 1 is 1.22 bits per heavy atom. The topological polar surface area (TPSA) is 50.4 Å². The summed E-state index contributed by atoms with van der Waals surface area (Å²) >= 11 is 0. The van der Waals surface area contributed by atoms with E-state index in [1.807, 2.05) is 0 Å². The number of hydrogen-bond donors (Lipinski definition) is 2. The van der Waals surface area contributed by atoms with Gasteiger partial charge in [-0.15, -0.1) is 0 Å². The number of anilines is 1. The van der Waals surface area contributed by atoms with Gasteiger partial charge in [-0.25, -0.2) is 0 Å². The van der Waals surface area contributed by atoms with Crippen molar-refractivity contribution < 1.29 is 22.0 Å². The zero-order valence-corrected chi connectivity index (χ0v) is 9.22. The van der Waals surface area contributed by atoms with E-state index >= 15 is 0 Å². The van der Waals surface area contributed by atoms with Crippen LogP contribution < -0.4 is 11.1 Å². The maximum atomic E-state index is 13.0. The first-order valence-electron chi connectivity index (χ1n) is 4.73. The standard InChI is InChI=1S/C10H10F5N3/c1-17-8(16)18-7-4-2-3-6(5-7)9(11,12)10(13,14)15/h2-5H,1H3,(H3,16,17,18). The molecule has 0 heterocycles. The molecule has 0 aliphatic carbocycles. The van der Waals surface area contributed by atoms with Crippen molar-refractivity contribution in [2.45, 2.75) is 12.1 Å². The lowest BCUT2D eigenvalue weighted by Gasteiger charge is -2.20. The average Bonchev–Trinajstić information content (AvgIpc) is 2.27. The fraction of sp³-hybridized carbons (Fsp3) is 0.300. The van der Waals surface area contributed by atoms with Crippen molar-refractivity contribution in [3.05, 3.63) is 29.8 Å². The minimum absolute atomic E-state index is 0.000440. The molecular weight excluding hydrogens is 257 g/mol. The highest BCUT2D eigenvalue weighted by Crippen LogP contribution is 2.44. The second-order valence-corrected chi connectivity index (χ2v) is 3.39. The molecule has 100 valence electrons. The predicted molar refractivity (Wildman–Crippen MR) is 57.6 cm³/mol. The normalized spacial score (nSPS) is 13.6. The second-order valence-electron chi connectivity index (χ2n) is 3.39. The SMILES string of the molecule is CN=C(N)Nc1cccc(C(F)(F)C(F)(F)F)c1. The van der Waals surface area contributed by atoms with Crippen LogP contribution in [0.2, 0.25) is 0 Å². The summed E-state index contributed by atoms with van der Waals surface area (Å²) in [4.78, 5) is 3.50. The molecule has 8 heteroatoms. The molecule has 0 aliphatic rings. The zero-order chi connectivity index (χ0) is 14.0. The Labute approximate surface area is 99.5 Å². The molecule has 18 heavy (non-hydrogen) atoms. The predicted octanol–water partition coefficient (Wildman–Crippen LogP) is 2.70. The highest BCUT2D eigenvalue weighted by atomic mass is 19.4. The van der Waals surface area contributed by atoms with E-state index < -0.39 is 17.7 Å². The Kier molecular flexibility index (Phi) is 3.78. The van der Waals surface area contributed by atoms with E-state index in [9.17, 15) is 22.0 Å². The van der Waals surface area contributed by atoms with Crippen molar-refractivity contribution in [3.63, 3.8) is 0 Å². The number of rotatable bonds is 2. The second kappa shape index (κ2) is 4.79. The maximum absolute atomic E-state index is 13.0. The van der Waals surface area contributed by atoms with Gasteiger partial charge in [0.1, 0.15) is 0 Å². The van der Waals surface area contributed by atoms with Crippen LogP contribution in [0.4, 0.5) is 27.6 Å². The van der Waals surface area contributed by atoms with Crippen LogP contribution in [0.25, 0.3) is 0 Å². The number of nitrogens with one attached hydrogen (secondary N) is 1. The van der Waals surface area contributed by atoms with Crippen molar-refractivity contribution in [1.82, 2.24) is 0 Å². The number of guanidine groups is 1. The van der Waals surface area contributed by atoms with Gasteiger partial charge in [-0.1, -0.05) is 12.1 Å². The molecule has 0 spiro atoms.